The summed E-state index contributed by atoms with van der Waals surface area (Å²) in [5, 5.41) is 10.4. The second-order valence-electron chi connectivity index (χ2n) is 6.54. The van der Waals surface area contributed by atoms with Crippen molar-refractivity contribution in [1.29, 1.82) is 0 Å². The zero-order valence-corrected chi connectivity index (χ0v) is 13.7. The number of halogens is 1. The van der Waals surface area contributed by atoms with Crippen molar-refractivity contribution >= 4 is 17.4 Å². The summed E-state index contributed by atoms with van der Waals surface area (Å²) in [5.41, 5.74) is 0. The fourth-order valence-corrected chi connectivity index (χ4v) is 3.32. The number of ketones is 1. The molecule has 1 saturated heterocycles. The zero-order valence-electron chi connectivity index (χ0n) is 13.0. The number of carbonyl (C=O) groups is 1. The highest BCUT2D eigenvalue weighted by Crippen LogP contribution is 2.29. The summed E-state index contributed by atoms with van der Waals surface area (Å²) in [4.78, 5) is 14.9. The van der Waals surface area contributed by atoms with Crippen LogP contribution in [-0.4, -0.2) is 41.5 Å². The standard InChI is InChI=1S/C17H26ClNO2/c1-12(2)17(21)16(13-3-5-14(18)6-4-13)11-19-9-7-15(20)8-10-19/h3,5-6,12-13,15-16,20H,4,7-11H2,1-2H3. The molecule has 21 heavy (non-hydrogen) atoms. The molecule has 2 aliphatic rings. The third kappa shape index (κ3) is 4.67. The number of carbonyl (C=O) groups excluding carboxylic acids is 1. The van der Waals surface area contributed by atoms with Crippen molar-refractivity contribution in [3.8, 4) is 0 Å². The number of aliphatic hydroxyl groups is 1. The summed E-state index contributed by atoms with van der Waals surface area (Å²) in [6.45, 7) is 6.52. The largest absolute Gasteiger partial charge is 0.393 e. The van der Waals surface area contributed by atoms with Crippen molar-refractivity contribution in [3.63, 3.8) is 0 Å². The molecule has 2 unspecified atom stereocenters. The molecule has 0 aromatic carbocycles. The first-order valence-corrected chi connectivity index (χ1v) is 8.33. The van der Waals surface area contributed by atoms with E-state index in [9.17, 15) is 9.90 Å². The number of piperidine rings is 1. The van der Waals surface area contributed by atoms with Crippen LogP contribution < -0.4 is 0 Å². The van der Waals surface area contributed by atoms with Crippen LogP contribution in [0, 0.1) is 17.8 Å². The Morgan fingerprint density at radius 2 is 2.10 bits per heavy atom. The van der Waals surface area contributed by atoms with Gasteiger partial charge in [-0.25, -0.2) is 0 Å². The van der Waals surface area contributed by atoms with Gasteiger partial charge < -0.3 is 10.0 Å². The molecule has 0 radical (unpaired) electrons. The van der Waals surface area contributed by atoms with E-state index in [0.29, 0.717) is 5.78 Å². The Labute approximate surface area is 132 Å². The second-order valence-corrected chi connectivity index (χ2v) is 6.98. The van der Waals surface area contributed by atoms with Gasteiger partial charge in [-0.2, -0.15) is 0 Å². The van der Waals surface area contributed by atoms with Gasteiger partial charge in [-0.3, -0.25) is 4.79 Å². The number of allylic oxidation sites excluding steroid dienone is 4. The minimum atomic E-state index is -0.170. The molecular formula is C17H26ClNO2. The van der Waals surface area contributed by atoms with E-state index < -0.39 is 0 Å². The summed E-state index contributed by atoms with van der Waals surface area (Å²) >= 11 is 5.99. The average molecular weight is 312 g/mol. The Balaban J connectivity index is 2.02. The molecule has 2 atom stereocenters. The number of hydrogen-bond donors (Lipinski definition) is 1. The lowest BCUT2D eigenvalue weighted by Gasteiger charge is -2.35. The first-order valence-electron chi connectivity index (χ1n) is 7.95. The van der Waals surface area contributed by atoms with E-state index in [1.165, 1.54) is 0 Å². The minimum absolute atomic E-state index is 0.0255. The SMILES string of the molecule is CC(C)C(=O)C(CN1CCC(O)CC1)C1C=CC(Cl)=CC1. The predicted molar refractivity (Wildman–Crippen MR) is 86.2 cm³/mol. The van der Waals surface area contributed by atoms with Crippen LogP contribution in [0.15, 0.2) is 23.3 Å². The van der Waals surface area contributed by atoms with Gasteiger partial charge in [-0.1, -0.05) is 37.6 Å². The van der Waals surface area contributed by atoms with Crippen LogP contribution in [0.1, 0.15) is 33.1 Å². The highest BCUT2D eigenvalue weighted by Gasteiger charge is 2.31. The number of rotatable bonds is 5. The lowest BCUT2D eigenvalue weighted by atomic mass is 9.80. The fraction of sp³-hybridized carbons (Fsp3) is 0.706. The molecule has 0 bridgehead atoms. The van der Waals surface area contributed by atoms with Gasteiger partial charge in [0.15, 0.2) is 0 Å². The molecule has 1 aliphatic heterocycles. The van der Waals surface area contributed by atoms with E-state index in [1.807, 2.05) is 26.0 Å². The van der Waals surface area contributed by atoms with Crippen LogP contribution in [0.4, 0.5) is 0 Å². The summed E-state index contributed by atoms with van der Waals surface area (Å²) in [7, 11) is 0. The monoisotopic (exact) mass is 311 g/mol. The van der Waals surface area contributed by atoms with Crippen molar-refractivity contribution in [2.24, 2.45) is 17.8 Å². The number of nitrogens with zero attached hydrogens (tertiary/aromatic N) is 1. The van der Waals surface area contributed by atoms with Gasteiger partial charge in [-0.05, 0) is 31.3 Å². The first kappa shape index (κ1) is 16.7. The molecular weight excluding hydrogens is 286 g/mol. The topological polar surface area (TPSA) is 40.5 Å². The number of Topliss-reactive ketones (excluding diaryl/α,β-unsaturated/α-hetero) is 1. The molecule has 118 valence electrons. The molecule has 0 amide bonds. The van der Waals surface area contributed by atoms with Gasteiger partial charge in [0.05, 0.1) is 6.10 Å². The van der Waals surface area contributed by atoms with Gasteiger partial charge in [0.25, 0.3) is 0 Å². The summed E-state index contributed by atoms with van der Waals surface area (Å²) in [6.07, 6.45) is 8.31. The van der Waals surface area contributed by atoms with Crippen molar-refractivity contribution in [2.75, 3.05) is 19.6 Å². The third-order valence-corrected chi connectivity index (χ3v) is 4.83. The van der Waals surface area contributed by atoms with Gasteiger partial charge >= 0.3 is 0 Å². The van der Waals surface area contributed by atoms with Gasteiger partial charge in [-0.15, -0.1) is 0 Å². The highest BCUT2D eigenvalue weighted by molar-refractivity contribution is 6.31. The Bertz CT molecular complexity index is 423. The van der Waals surface area contributed by atoms with Gasteiger partial charge in [0.2, 0.25) is 0 Å². The fourth-order valence-electron chi connectivity index (χ4n) is 3.15. The first-order chi connectivity index (χ1) is 9.97. The van der Waals surface area contributed by atoms with Crippen LogP contribution in [0.5, 0.6) is 0 Å². The van der Waals surface area contributed by atoms with E-state index >= 15 is 0 Å². The second kappa shape index (κ2) is 7.57. The van der Waals surface area contributed by atoms with Crippen molar-refractivity contribution in [3.05, 3.63) is 23.3 Å². The molecule has 1 fully saturated rings. The van der Waals surface area contributed by atoms with Crippen LogP contribution in [-0.2, 0) is 4.79 Å². The predicted octanol–water partition coefficient (Wildman–Crippen LogP) is 2.98. The molecule has 0 saturated carbocycles. The maximum Gasteiger partial charge on any atom is 0.140 e. The van der Waals surface area contributed by atoms with Crippen LogP contribution in [0.3, 0.4) is 0 Å². The van der Waals surface area contributed by atoms with E-state index in [2.05, 4.69) is 11.0 Å². The summed E-state index contributed by atoms with van der Waals surface area (Å²) < 4.78 is 0. The average Bonchev–Trinajstić information content (AvgIpc) is 2.47. The number of aliphatic hydroxyl groups excluding tert-OH is 1. The molecule has 0 aromatic heterocycles. The molecule has 0 aromatic rings. The Kier molecular flexibility index (Phi) is 6.03. The third-order valence-electron chi connectivity index (χ3n) is 4.55. The molecule has 3 nitrogen and oxygen atoms in total. The number of hydrogen-bond acceptors (Lipinski definition) is 3. The zero-order chi connectivity index (χ0) is 15.4. The van der Waals surface area contributed by atoms with Crippen molar-refractivity contribution < 1.29 is 9.90 Å². The highest BCUT2D eigenvalue weighted by atomic mass is 35.5. The van der Waals surface area contributed by atoms with Gasteiger partial charge in [0.1, 0.15) is 5.78 Å². The van der Waals surface area contributed by atoms with E-state index in [0.717, 1.165) is 43.9 Å². The van der Waals surface area contributed by atoms with Crippen LogP contribution >= 0.6 is 11.6 Å². The maximum atomic E-state index is 12.6. The molecule has 1 N–H and O–H groups in total. The van der Waals surface area contributed by atoms with Crippen LogP contribution in [0.2, 0.25) is 0 Å². The maximum absolute atomic E-state index is 12.6. The Hall–Kier alpha value is -0.640. The van der Waals surface area contributed by atoms with Crippen LogP contribution in [0.25, 0.3) is 0 Å². The van der Waals surface area contributed by atoms with Crippen molar-refractivity contribution in [1.82, 2.24) is 4.90 Å². The van der Waals surface area contributed by atoms with E-state index in [4.69, 9.17) is 11.6 Å². The Morgan fingerprint density at radius 3 is 2.62 bits per heavy atom. The lowest BCUT2D eigenvalue weighted by molar-refractivity contribution is -0.127. The molecule has 2 rings (SSSR count). The number of likely N-dealkylation sites (tertiary alicyclic amines) is 1. The molecule has 1 heterocycles. The van der Waals surface area contributed by atoms with E-state index in [-0.39, 0.29) is 23.9 Å². The summed E-state index contributed by atoms with van der Waals surface area (Å²) in [6, 6.07) is 0. The normalized spacial score (nSPS) is 26.0. The van der Waals surface area contributed by atoms with Gasteiger partial charge in [0, 0.05) is 36.5 Å². The van der Waals surface area contributed by atoms with Crippen molar-refractivity contribution in [2.45, 2.75) is 39.2 Å². The quantitative estimate of drug-likeness (QED) is 0.848. The Morgan fingerprint density at radius 1 is 1.43 bits per heavy atom. The molecule has 0 spiro atoms. The summed E-state index contributed by atoms with van der Waals surface area (Å²) in [5.74, 6) is 0.661. The molecule has 4 heteroatoms. The lowest BCUT2D eigenvalue weighted by Crippen LogP contribution is -2.43. The van der Waals surface area contributed by atoms with E-state index in [1.54, 1.807) is 0 Å². The minimum Gasteiger partial charge on any atom is -0.393 e. The smallest absolute Gasteiger partial charge is 0.140 e. The molecule has 1 aliphatic carbocycles.